The van der Waals surface area contributed by atoms with Crippen LogP contribution in [0.2, 0.25) is 5.02 Å². The summed E-state index contributed by atoms with van der Waals surface area (Å²) < 4.78 is 7.46. The molecule has 31 heavy (non-hydrogen) atoms. The molecular formula is C24H24ClN3O3. The number of methoxy groups -OCH3 is 1. The number of carbonyl (C=O) groups excluding carboxylic acids is 2. The van der Waals surface area contributed by atoms with Gasteiger partial charge in [-0.15, -0.1) is 0 Å². The third kappa shape index (κ3) is 4.16. The molecule has 1 aromatic heterocycles. The number of aryl methyl sites for hydroxylation is 2. The van der Waals surface area contributed by atoms with Gasteiger partial charge in [-0.1, -0.05) is 17.7 Å². The third-order valence-corrected chi connectivity index (χ3v) is 5.83. The Morgan fingerprint density at radius 3 is 2.52 bits per heavy atom. The van der Waals surface area contributed by atoms with Crippen LogP contribution in [0.5, 0.6) is 5.75 Å². The molecule has 0 spiro atoms. The normalized spacial score (nSPS) is 15.9. The van der Waals surface area contributed by atoms with Gasteiger partial charge in [-0.25, -0.2) is 0 Å². The van der Waals surface area contributed by atoms with Crippen molar-refractivity contribution in [3.05, 3.63) is 71.0 Å². The zero-order valence-electron chi connectivity index (χ0n) is 17.7. The lowest BCUT2D eigenvalue weighted by atomic mass is 10.1. The standard InChI is InChI=1S/C24H24ClN3O3/c1-15-7-8-16(2)28(15)22-13-20(31-3)9-10-21(22)26-24(30)17-11-23(29)27(14-17)19-6-4-5-18(25)12-19/h4-10,12-13,17H,11,14H2,1-3H3,(H,26,30)/t17-/m1/s1. The van der Waals surface area contributed by atoms with E-state index in [1.54, 1.807) is 30.2 Å². The van der Waals surface area contributed by atoms with Gasteiger partial charge in [0.05, 0.1) is 24.4 Å². The molecule has 1 fully saturated rings. The van der Waals surface area contributed by atoms with Gasteiger partial charge >= 0.3 is 0 Å². The largest absolute Gasteiger partial charge is 0.497 e. The van der Waals surface area contributed by atoms with Gasteiger partial charge in [-0.05, 0) is 56.3 Å². The van der Waals surface area contributed by atoms with Crippen LogP contribution < -0.4 is 15.0 Å². The Kier molecular flexibility index (Phi) is 5.74. The van der Waals surface area contributed by atoms with Gasteiger partial charge in [0.2, 0.25) is 11.8 Å². The molecule has 4 rings (SSSR count). The zero-order valence-corrected chi connectivity index (χ0v) is 18.4. The first-order chi connectivity index (χ1) is 14.9. The number of rotatable bonds is 5. The number of hydrogen-bond acceptors (Lipinski definition) is 3. The molecule has 160 valence electrons. The first kappa shape index (κ1) is 21.0. The highest BCUT2D eigenvalue weighted by molar-refractivity contribution is 6.31. The smallest absolute Gasteiger partial charge is 0.229 e. The number of benzene rings is 2. The lowest BCUT2D eigenvalue weighted by molar-refractivity contribution is -0.122. The number of anilines is 2. The lowest BCUT2D eigenvalue weighted by Crippen LogP contribution is -2.28. The zero-order chi connectivity index (χ0) is 22.1. The van der Waals surface area contributed by atoms with Gasteiger partial charge in [0, 0.05) is 41.1 Å². The lowest BCUT2D eigenvalue weighted by Gasteiger charge is -2.19. The Morgan fingerprint density at radius 2 is 1.84 bits per heavy atom. The van der Waals surface area contributed by atoms with Crippen LogP contribution in [0.25, 0.3) is 5.69 Å². The van der Waals surface area contributed by atoms with Crippen molar-refractivity contribution in [1.29, 1.82) is 0 Å². The highest BCUT2D eigenvalue weighted by atomic mass is 35.5. The molecule has 1 saturated heterocycles. The monoisotopic (exact) mass is 437 g/mol. The van der Waals surface area contributed by atoms with Crippen LogP contribution >= 0.6 is 11.6 Å². The molecule has 3 aromatic rings. The van der Waals surface area contributed by atoms with Crippen molar-refractivity contribution in [3.8, 4) is 11.4 Å². The van der Waals surface area contributed by atoms with Crippen LogP contribution in [-0.2, 0) is 9.59 Å². The molecule has 2 aromatic carbocycles. The minimum absolute atomic E-state index is 0.0885. The molecule has 0 bridgehead atoms. The Bertz CT molecular complexity index is 1140. The van der Waals surface area contributed by atoms with Crippen molar-refractivity contribution in [2.24, 2.45) is 5.92 Å². The molecule has 2 amide bonds. The van der Waals surface area contributed by atoms with E-state index in [1.807, 2.05) is 50.2 Å². The van der Waals surface area contributed by atoms with E-state index in [0.717, 1.165) is 17.1 Å². The molecule has 1 atom stereocenters. The van der Waals surface area contributed by atoms with E-state index in [-0.39, 0.29) is 18.2 Å². The van der Waals surface area contributed by atoms with Crippen molar-refractivity contribution in [2.45, 2.75) is 20.3 Å². The Balaban J connectivity index is 1.59. The number of nitrogens with zero attached hydrogens (tertiary/aromatic N) is 2. The van der Waals surface area contributed by atoms with Crippen molar-refractivity contribution >= 4 is 34.8 Å². The predicted octanol–water partition coefficient (Wildman–Crippen LogP) is 4.75. The molecule has 0 unspecified atom stereocenters. The third-order valence-electron chi connectivity index (χ3n) is 5.59. The molecule has 1 aliphatic heterocycles. The van der Waals surface area contributed by atoms with Gasteiger partial charge < -0.3 is 19.5 Å². The molecule has 0 aliphatic carbocycles. The van der Waals surface area contributed by atoms with Gasteiger partial charge in [0.25, 0.3) is 0 Å². The second-order valence-electron chi connectivity index (χ2n) is 7.71. The van der Waals surface area contributed by atoms with E-state index in [9.17, 15) is 9.59 Å². The quantitative estimate of drug-likeness (QED) is 0.626. The minimum atomic E-state index is -0.451. The van der Waals surface area contributed by atoms with Crippen molar-refractivity contribution in [2.75, 3.05) is 23.9 Å². The molecule has 1 aliphatic rings. The van der Waals surface area contributed by atoms with Crippen LogP contribution in [-0.4, -0.2) is 30.0 Å². The topological polar surface area (TPSA) is 63.6 Å². The van der Waals surface area contributed by atoms with Crippen molar-refractivity contribution in [1.82, 2.24) is 4.57 Å². The highest BCUT2D eigenvalue weighted by Crippen LogP contribution is 2.31. The van der Waals surface area contributed by atoms with E-state index in [2.05, 4.69) is 9.88 Å². The summed E-state index contributed by atoms with van der Waals surface area (Å²) >= 11 is 6.06. The summed E-state index contributed by atoms with van der Waals surface area (Å²) in [6.45, 7) is 4.34. The van der Waals surface area contributed by atoms with Crippen LogP contribution in [0.1, 0.15) is 17.8 Å². The number of hydrogen-bond donors (Lipinski definition) is 1. The van der Waals surface area contributed by atoms with E-state index < -0.39 is 5.92 Å². The highest BCUT2D eigenvalue weighted by Gasteiger charge is 2.35. The molecule has 0 radical (unpaired) electrons. The average Bonchev–Trinajstić information content (AvgIpc) is 3.30. The number of aromatic nitrogens is 1. The van der Waals surface area contributed by atoms with Gasteiger partial charge in [-0.2, -0.15) is 0 Å². The van der Waals surface area contributed by atoms with E-state index in [4.69, 9.17) is 16.3 Å². The van der Waals surface area contributed by atoms with Crippen molar-refractivity contribution < 1.29 is 14.3 Å². The van der Waals surface area contributed by atoms with Crippen LogP contribution in [0.15, 0.2) is 54.6 Å². The van der Waals surface area contributed by atoms with Gasteiger partial charge in [-0.3, -0.25) is 9.59 Å². The number of amides is 2. The molecular weight excluding hydrogens is 414 g/mol. The van der Waals surface area contributed by atoms with Gasteiger partial charge in [0.1, 0.15) is 5.75 Å². The maximum atomic E-state index is 13.1. The molecule has 6 nitrogen and oxygen atoms in total. The second kappa shape index (κ2) is 8.47. The first-order valence-corrected chi connectivity index (χ1v) is 10.5. The second-order valence-corrected chi connectivity index (χ2v) is 8.15. The average molecular weight is 438 g/mol. The Morgan fingerprint density at radius 1 is 1.10 bits per heavy atom. The van der Waals surface area contributed by atoms with Gasteiger partial charge in [0.15, 0.2) is 0 Å². The summed E-state index contributed by atoms with van der Waals surface area (Å²) in [6, 6.07) is 16.7. The summed E-state index contributed by atoms with van der Waals surface area (Å²) in [5, 5.41) is 3.58. The fraction of sp³-hybridized carbons (Fsp3) is 0.250. The number of nitrogens with one attached hydrogen (secondary N) is 1. The number of carbonyl (C=O) groups is 2. The molecule has 0 saturated carbocycles. The SMILES string of the molecule is COc1ccc(NC(=O)[C@@H]2CC(=O)N(c3cccc(Cl)c3)C2)c(-n2c(C)ccc2C)c1. The Labute approximate surface area is 186 Å². The molecule has 7 heteroatoms. The van der Waals surface area contributed by atoms with Crippen LogP contribution in [0.4, 0.5) is 11.4 Å². The predicted molar refractivity (Wildman–Crippen MR) is 122 cm³/mol. The summed E-state index contributed by atoms with van der Waals surface area (Å²) in [5.74, 6) is -0.0295. The summed E-state index contributed by atoms with van der Waals surface area (Å²) in [6.07, 6.45) is 0.158. The van der Waals surface area contributed by atoms with Crippen LogP contribution in [0.3, 0.4) is 0 Å². The van der Waals surface area contributed by atoms with E-state index >= 15 is 0 Å². The maximum absolute atomic E-state index is 13.1. The Hall–Kier alpha value is -3.25. The van der Waals surface area contributed by atoms with Crippen molar-refractivity contribution in [3.63, 3.8) is 0 Å². The molecule has 1 N–H and O–H groups in total. The van der Waals surface area contributed by atoms with Crippen LogP contribution in [0, 0.1) is 19.8 Å². The van der Waals surface area contributed by atoms with E-state index in [0.29, 0.717) is 28.7 Å². The fourth-order valence-electron chi connectivity index (χ4n) is 3.99. The number of halogens is 1. The number of ether oxygens (including phenoxy) is 1. The summed E-state index contributed by atoms with van der Waals surface area (Å²) in [7, 11) is 1.61. The summed E-state index contributed by atoms with van der Waals surface area (Å²) in [5.41, 5.74) is 4.29. The van der Waals surface area contributed by atoms with E-state index in [1.165, 1.54) is 0 Å². The molecule has 2 heterocycles. The summed E-state index contributed by atoms with van der Waals surface area (Å²) in [4.78, 5) is 27.3. The fourth-order valence-corrected chi connectivity index (χ4v) is 4.17. The first-order valence-electron chi connectivity index (χ1n) is 10.1. The maximum Gasteiger partial charge on any atom is 0.229 e. The minimum Gasteiger partial charge on any atom is -0.497 e.